The number of anilines is 1. The summed E-state index contributed by atoms with van der Waals surface area (Å²) in [6.07, 6.45) is 0. The minimum Gasteiger partial charge on any atom is -0.465 e. The van der Waals surface area contributed by atoms with Crippen LogP contribution >= 0.6 is 22.9 Å². The number of rotatable bonds is 3. The highest BCUT2D eigenvalue weighted by Gasteiger charge is 2.19. The van der Waals surface area contributed by atoms with E-state index < -0.39 is 5.97 Å². The van der Waals surface area contributed by atoms with Gasteiger partial charge in [0.25, 0.3) is 5.91 Å². The molecule has 2 heterocycles. The van der Waals surface area contributed by atoms with E-state index in [2.05, 4.69) is 10.3 Å². The zero-order valence-corrected chi connectivity index (χ0v) is 13.3. The molecule has 7 heteroatoms. The first-order chi connectivity index (χ1) is 9.92. The van der Waals surface area contributed by atoms with Crippen molar-refractivity contribution in [3.63, 3.8) is 0 Å². The van der Waals surface area contributed by atoms with E-state index in [-0.39, 0.29) is 11.1 Å². The largest absolute Gasteiger partial charge is 0.465 e. The van der Waals surface area contributed by atoms with E-state index in [9.17, 15) is 9.59 Å². The molecular weight excluding hydrogens is 312 g/mol. The molecule has 0 atom stereocenters. The molecule has 0 aromatic carbocycles. The van der Waals surface area contributed by atoms with Crippen molar-refractivity contribution in [2.45, 2.75) is 13.8 Å². The third-order valence-electron chi connectivity index (χ3n) is 2.77. The van der Waals surface area contributed by atoms with Crippen LogP contribution in [0.1, 0.15) is 31.3 Å². The normalized spacial score (nSPS) is 10.3. The number of amides is 1. The molecule has 0 aliphatic carbocycles. The van der Waals surface area contributed by atoms with E-state index in [1.54, 1.807) is 18.4 Å². The molecule has 1 amide bonds. The third kappa shape index (κ3) is 3.40. The number of hydrogen-bond donors (Lipinski definition) is 1. The van der Waals surface area contributed by atoms with Crippen molar-refractivity contribution in [3.8, 4) is 0 Å². The Morgan fingerprint density at radius 2 is 2.05 bits per heavy atom. The van der Waals surface area contributed by atoms with E-state index in [0.717, 1.165) is 5.56 Å². The minimum absolute atomic E-state index is 0.246. The molecule has 0 unspecified atom stereocenters. The second kappa shape index (κ2) is 6.24. The number of carbonyl (C=O) groups excluding carboxylic acids is 2. The van der Waals surface area contributed by atoms with Gasteiger partial charge in [-0.3, -0.25) is 4.79 Å². The van der Waals surface area contributed by atoms with Crippen LogP contribution < -0.4 is 5.32 Å². The Bertz CT molecular complexity index is 692. The van der Waals surface area contributed by atoms with E-state index in [0.29, 0.717) is 21.8 Å². The fraction of sp³-hybridized carbons (Fsp3) is 0.214. The molecule has 0 radical (unpaired) electrons. The zero-order chi connectivity index (χ0) is 15.6. The highest BCUT2D eigenvalue weighted by Crippen LogP contribution is 2.29. The number of methoxy groups -OCH3 is 1. The second-order valence-electron chi connectivity index (χ2n) is 4.39. The average Bonchev–Trinajstić information content (AvgIpc) is 2.78. The lowest BCUT2D eigenvalue weighted by Gasteiger charge is -2.08. The van der Waals surface area contributed by atoms with Gasteiger partial charge in [0.05, 0.1) is 12.8 Å². The summed E-state index contributed by atoms with van der Waals surface area (Å²) in [6, 6.07) is 3.10. The molecule has 0 saturated carbocycles. The van der Waals surface area contributed by atoms with Crippen LogP contribution in [0.15, 0.2) is 17.5 Å². The first kappa shape index (κ1) is 15.5. The second-order valence-corrected chi connectivity index (χ2v) is 5.66. The summed E-state index contributed by atoms with van der Waals surface area (Å²) in [4.78, 5) is 28.3. The number of nitrogens with one attached hydrogen (secondary N) is 1. The van der Waals surface area contributed by atoms with Gasteiger partial charge in [-0.2, -0.15) is 0 Å². The highest BCUT2D eigenvalue weighted by molar-refractivity contribution is 7.12. The van der Waals surface area contributed by atoms with Crippen molar-refractivity contribution < 1.29 is 14.3 Å². The van der Waals surface area contributed by atoms with Crippen molar-refractivity contribution in [3.05, 3.63) is 44.4 Å². The van der Waals surface area contributed by atoms with Gasteiger partial charge in [0, 0.05) is 11.3 Å². The van der Waals surface area contributed by atoms with Crippen molar-refractivity contribution in [2.75, 3.05) is 12.4 Å². The smallest absolute Gasteiger partial charge is 0.350 e. The van der Waals surface area contributed by atoms with Gasteiger partial charge in [-0.1, -0.05) is 11.6 Å². The summed E-state index contributed by atoms with van der Waals surface area (Å²) < 4.78 is 4.70. The Labute approximate surface area is 130 Å². The number of hydrogen-bond acceptors (Lipinski definition) is 5. The van der Waals surface area contributed by atoms with Crippen molar-refractivity contribution in [1.82, 2.24) is 4.98 Å². The summed E-state index contributed by atoms with van der Waals surface area (Å²) in [5.74, 6) is -0.832. The Morgan fingerprint density at radius 1 is 1.33 bits per heavy atom. The Kier molecular flexibility index (Phi) is 4.59. The number of thiophene rings is 1. The number of aryl methyl sites for hydroxylation is 2. The first-order valence-electron chi connectivity index (χ1n) is 6.04. The van der Waals surface area contributed by atoms with Crippen LogP contribution in [0.4, 0.5) is 5.69 Å². The van der Waals surface area contributed by atoms with Crippen LogP contribution in [0.2, 0.25) is 5.15 Å². The predicted molar refractivity (Wildman–Crippen MR) is 82.3 cm³/mol. The maximum Gasteiger partial charge on any atom is 0.350 e. The number of halogens is 1. The number of esters is 1. The Balaban J connectivity index is 2.31. The highest BCUT2D eigenvalue weighted by atomic mass is 35.5. The van der Waals surface area contributed by atoms with Crippen LogP contribution in [-0.4, -0.2) is 24.0 Å². The lowest BCUT2D eigenvalue weighted by atomic mass is 10.2. The molecule has 0 bridgehead atoms. The Hall–Kier alpha value is -1.92. The lowest BCUT2D eigenvalue weighted by molar-refractivity contribution is 0.0607. The average molecular weight is 325 g/mol. The molecule has 1 N–H and O–H groups in total. The maximum absolute atomic E-state index is 12.3. The SMILES string of the molecule is COC(=O)c1scc(C)c1NC(=O)c1cc(C)nc(Cl)c1. The molecule has 0 spiro atoms. The molecule has 5 nitrogen and oxygen atoms in total. The third-order valence-corrected chi connectivity index (χ3v) is 4.04. The summed E-state index contributed by atoms with van der Waals surface area (Å²) in [7, 11) is 1.30. The van der Waals surface area contributed by atoms with Gasteiger partial charge >= 0.3 is 5.97 Å². The fourth-order valence-corrected chi connectivity index (χ4v) is 2.96. The van der Waals surface area contributed by atoms with E-state index in [4.69, 9.17) is 16.3 Å². The molecule has 0 aliphatic rings. The summed E-state index contributed by atoms with van der Waals surface area (Å²) in [5, 5.41) is 4.76. The number of nitrogens with zero attached hydrogens (tertiary/aromatic N) is 1. The molecule has 21 heavy (non-hydrogen) atoms. The zero-order valence-electron chi connectivity index (χ0n) is 11.7. The predicted octanol–water partition coefficient (Wildman–Crippen LogP) is 3.45. The van der Waals surface area contributed by atoms with Gasteiger partial charge in [0.1, 0.15) is 10.0 Å². The number of pyridine rings is 1. The Morgan fingerprint density at radius 3 is 2.67 bits per heavy atom. The maximum atomic E-state index is 12.3. The van der Waals surface area contributed by atoms with Gasteiger partial charge in [-0.05, 0) is 36.9 Å². The van der Waals surface area contributed by atoms with Crippen molar-refractivity contribution in [2.24, 2.45) is 0 Å². The van der Waals surface area contributed by atoms with Crippen LogP contribution in [0.25, 0.3) is 0 Å². The van der Waals surface area contributed by atoms with Gasteiger partial charge in [-0.25, -0.2) is 9.78 Å². The molecule has 0 fully saturated rings. The van der Waals surface area contributed by atoms with Crippen molar-refractivity contribution >= 4 is 40.5 Å². The van der Waals surface area contributed by atoms with Gasteiger partial charge in [0.2, 0.25) is 0 Å². The van der Waals surface area contributed by atoms with Gasteiger partial charge < -0.3 is 10.1 Å². The van der Waals surface area contributed by atoms with Crippen LogP contribution in [-0.2, 0) is 4.74 Å². The molecule has 2 aromatic heterocycles. The minimum atomic E-state index is -0.479. The molecule has 2 aromatic rings. The number of carbonyl (C=O) groups is 2. The molecule has 0 aliphatic heterocycles. The fourth-order valence-electron chi connectivity index (χ4n) is 1.79. The topological polar surface area (TPSA) is 68.3 Å². The van der Waals surface area contributed by atoms with Gasteiger partial charge in [-0.15, -0.1) is 11.3 Å². The van der Waals surface area contributed by atoms with Gasteiger partial charge in [0.15, 0.2) is 0 Å². The lowest BCUT2D eigenvalue weighted by Crippen LogP contribution is -2.15. The number of aromatic nitrogens is 1. The van der Waals surface area contributed by atoms with E-state index >= 15 is 0 Å². The molecular formula is C14H13ClN2O3S. The van der Waals surface area contributed by atoms with Crippen LogP contribution in [0, 0.1) is 13.8 Å². The quantitative estimate of drug-likeness (QED) is 0.693. The van der Waals surface area contributed by atoms with Crippen molar-refractivity contribution in [1.29, 1.82) is 0 Å². The van der Waals surface area contributed by atoms with Crippen LogP contribution in [0.5, 0.6) is 0 Å². The molecule has 0 saturated heterocycles. The summed E-state index contributed by atoms with van der Waals surface area (Å²) >= 11 is 7.07. The molecule has 2 rings (SSSR count). The number of ether oxygens (including phenoxy) is 1. The first-order valence-corrected chi connectivity index (χ1v) is 7.30. The molecule has 110 valence electrons. The monoisotopic (exact) mass is 324 g/mol. The van der Waals surface area contributed by atoms with E-state index in [1.165, 1.54) is 24.5 Å². The standard InChI is InChI=1S/C14H13ClN2O3S/c1-7-6-21-12(14(19)20-3)11(7)17-13(18)9-4-8(2)16-10(15)5-9/h4-6H,1-3H3,(H,17,18). The van der Waals surface area contributed by atoms with Crippen LogP contribution in [0.3, 0.4) is 0 Å². The summed E-state index contributed by atoms with van der Waals surface area (Å²) in [5.41, 5.74) is 2.28. The van der Waals surface area contributed by atoms with E-state index in [1.807, 2.05) is 6.92 Å². The summed E-state index contributed by atoms with van der Waals surface area (Å²) in [6.45, 7) is 3.56.